The predicted octanol–water partition coefficient (Wildman–Crippen LogP) is 4.05. The van der Waals surface area contributed by atoms with Gasteiger partial charge in [0, 0.05) is 15.5 Å². The molecule has 0 aliphatic carbocycles. The topological polar surface area (TPSA) is 83.8 Å². The van der Waals surface area contributed by atoms with E-state index in [9.17, 15) is 4.79 Å². The van der Waals surface area contributed by atoms with Crippen molar-refractivity contribution in [1.82, 2.24) is 10.2 Å². The van der Waals surface area contributed by atoms with Crippen LogP contribution >= 0.6 is 23.4 Å². The Bertz CT molecular complexity index is 818. The molecule has 0 saturated heterocycles. The number of benzene rings is 2. The van der Waals surface area contributed by atoms with Crippen molar-refractivity contribution in [3.8, 4) is 0 Å². The number of nitrogen functional groups attached to an aromatic ring is 1. The molecule has 0 atom stereocenters. The third kappa shape index (κ3) is 3.67. The quantitative estimate of drug-likeness (QED) is 0.666. The Morgan fingerprint density at radius 2 is 1.83 bits per heavy atom. The molecular weight excluding hydrogens is 332 g/mol. The molecule has 3 aromatic rings. The number of carbonyl (C=O) groups is 1. The van der Waals surface area contributed by atoms with Gasteiger partial charge in [-0.15, -0.1) is 0 Å². The lowest BCUT2D eigenvalue weighted by atomic mass is 10.2. The molecule has 0 radical (unpaired) electrons. The zero-order valence-corrected chi connectivity index (χ0v) is 13.5. The summed E-state index contributed by atoms with van der Waals surface area (Å²) >= 11 is 7.26. The average Bonchev–Trinajstić information content (AvgIpc) is 2.91. The number of hydrogen-bond donors (Lipinski definition) is 3. The van der Waals surface area contributed by atoms with Crippen molar-refractivity contribution in [1.29, 1.82) is 0 Å². The molecule has 1 aromatic heterocycles. The summed E-state index contributed by atoms with van der Waals surface area (Å²) in [4.78, 5) is 13.2. The number of aromatic amines is 1. The first-order chi connectivity index (χ1) is 11.1. The van der Waals surface area contributed by atoms with E-state index in [2.05, 4.69) is 15.5 Å². The zero-order valence-electron chi connectivity index (χ0n) is 11.9. The second kappa shape index (κ2) is 6.76. The van der Waals surface area contributed by atoms with Crippen LogP contribution in [0.3, 0.4) is 0 Å². The number of nitrogens with one attached hydrogen (secondary N) is 2. The number of H-pyrrole nitrogens is 1. The van der Waals surface area contributed by atoms with Gasteiger partial charge in [0.05, 0.1) is 0 Å². The van der Waals surface area contributed by atoms with Gasteiger partial charge in [-0.1, -0.05) is 41.6 Å². The molecular formula is C16H13ClN4OS. The van der Waals surface area contributed by atoms with Gasteiger partial charge in [-0.25, -0.2) is 0 Å². The van der Waals surface area contributed by atoms with Crippen LogP contribution in [0, 0.1) is 0 Å². The van der Waals surface area contributed by atoms with Crippen LogP contribution in [0.15, 0.2) is 64.5 Å². The summed E-state index contributed by atoms with van der Waals surface area (Å²) in [6.45, 7) is 0. The summed E-state index contributed by atoms with van der Waals surface area (Å²) < 4.78 is 0. The molecule has 3 rings (SSSR count). The van der Waals surface area contributed by atoms with E-state index in [4.69, 9.17) is 17.3 Å². The van der Waals surface area contributed by atoms with Crippen LogP contribution in [0.25, 0.3) is 0 Å². The fourth-order valence-corrected chi connectivity index (χ4v) is 2.90. The molecule has 1 amide bonds. The molecule has 116 valence electrons. The number of nitrogens with two attached hydrogens (primary N) is 1. The molecule has 2 aromatic carbocycles. The van der Waals surface area contributed by atoms with Gasteiger partial charge < -0.3 is 11.1 Å². The van der Waals surface area contributed by atoms with Gasteiger partial charge in [-0.3, -0.25) is 9.89 Å². The van der Waals surface area contributed by atoms with Crippen LogP contribution in [0.2, 0.25) is 5.02 Å². The summed E-state index contributed by atoms with van der Waals surface area (Å²) in [5.41, 5.74) is 6.90. The van der Waals surface area contributed by atoms with Gasteiger partial charge in [0.15, 0.2) is 0 Å². The van der Waals surface area contributed by atoms with E-state index < -0.39 is 0 Å². The van der Waals surface area contributed by atoms with Crippen molar-refractivity contribution in [2.24, 2.45) is 0 Å². The Kier molecular flexibility index (Phi) is 4.55. The zero-order chi connectivity index (χ0) is 16.2. The van der Waals surface area contributed by atoms with Gasteiger partial charge in [0.25, 0.3) is 5.91 Å². The molecule has 1 heterocycles. The van der Waals surface area contributed by atoms with Crippen LogP contribution in [0.1, 0.15) is 10.4 Å². The lowest BCUT2D eigenvalue weighted by Crippen LogP contribution is -2.12. The smallest absolute Gasteiger partial charge is 0.255 e. The van der Waals surface area contributed by atoms with E-state index in [1.54, 1.807) is 36.4 Å². The first-order valence-electron chi connectivity index (χ1n) is 6.77. The highest BCUT2D eigenvalue weighted by Crippen LogP contribution is 2.35. The van der Waals surface area contributed by atoms with E-state index in [1.807, 2.05) is 18.2 Å². The lowest BCUT2D eigenvalue weighted by Gasteiger charge is -2.06. The molecule has 5 nitrogen and oxygen atoms in total. The maximum absolute atomic E-state index is 12.3. The molecule has 0 fully saturated rings. The van der Waals surface area contributed by atoms with Gasteiger partial charge in [0.2, 0.25) is 0 Å². The van der Waals surface area contributed by atoms with E-state index in [-0.39, 0.29) is 5.91 Å². The Labute approximate surface area is 142 Å². The Hall–Kier alpha value is -2.44. The minimum Gasteiger partial charge on any atom is -0.382 e. The molecule has 0 spiro atoms. The highest BCUT2D eigenvalue weighted by atomic mass is 35.5. The van der Waals surface area contributed by atoms with Gasteiger partial charge in [-0.05, 0) is 36.4 Å². The van der Waals surface area contributed by atoms with Crippen molar-refractivity contribution in [2.45, 2.75) is 9.92 Å². The van der Waals surface area contributed by atoms with Crippen molar-refractivity contribution < 1.29 is 4.79 Å². The molecule has 23 heavy (non-hydrogen) atoms. The number of amides is 1. The largest absolute Gasteiger partial charge is 0.382 e. The van der Waals surface area contributed by atoms with Crippen molar-refractivity contribution in [3.63, 3.8) is 0 Å². The van der Waals surface area contributed by atoms with E-state index in [1.165, 1.54) is 11.8 Å². The number of rotatable bonds is 4. The number of aromatic nitrogens is 2. The van der Waals surface area contributed by atoms with E-state index in [0.29, 0.717) is 27.1 Å². The van der Waals surface area contributed by atoms with Crippen LogP contribution < -0.4 is 11.1 Å². The van der Waals surface area contributed by atoms with Crippen LogP contribution in [-0.4, -0.2) is 16.1 Å². The minimum absolute atomic E-state index is 0.239. The standard InChI is InChI=1S/C16H13ClN4OS/c17-11-6-8-12(9-7-11)23-16-13(14(18)20-21-16)19-15(22)10-4-2-1-3-5-10/h1-9H,(H,19,22)(H3,18,20,21). The van der Waals surface area contributed by atoms with Crippen LogP contribution in [-0.2, 0) is 0 Å². The normalized spacial score (nSPS) is 10.5. The Morgan fingerprint density at radius 1 is 1.13 bits per heavy atom. The van der Waals surface area contributed by atoms with E-state index in [0.717, 1.165) is 4.90 Å². The number of carbonyl (C=O) groups excluding carboxylic acids is 1. The highest BCUT2D eigenvalue weighted by molar-refractivity contribution is 7.99. The first-order valence-corrected chi connectivity index (χ1v) is 7.96. The Morgan fingerprint density at radius 3 is 2.52 bits per heavy atom. The first kappa shape index (κ1) is 15.5. The van der Waals surface area contributed by atoms with E-state index >= 15 is 0 Å². The van der Waals surface area contributed by atoms with Crippen molar-refractivity contribution >= 4 is 40.8 Å². The van der Waals surface area contributed by atoms with Crippen molar-refractivity contribution in [2.75, 3.05) is 11.1 Å². The summed E-state index contributed by atoms with van der Waals surface area (Å²) in [5, 5.41) is 10.9. The summed E-state index contributed by atoms with van der Waals surface area (Å²) in [6.07, 6.45) is 0. The third-order valence-corrected chi connectivity index (χ3v) is 4.31. The number of nitrogens with zero attached hydrogens (tertiary/aromatic N) is 1. The Balaban J connectivity index is 1.81. The molecule has 0 aliphatic heterocycles. The minimum atomic E-state index is -0.239. The SMILES string of the molecule is Nc1[nH]nc(Sc2ccc(Cl)cc2)c1NC(=O)c1ccccc1. The fraction of sp³-hybridized carbons (Fsp3) is 0. The van der Waals surface area contributed by atoms with Crippen molar-refractivity contribution in [3.05, 3.63) is 65.2 Å². The number of anilines is 2. The van der Waals surface area contributed by atoms with Crippen LogP contribution in [0.5, 0.6) is 0 Å². The lowest BCUT2D eigenvalue weighted by molar-refractivity contribution is 0.102. The highest BCUT2D eigenvalue weighted by Gasteiger charge is 2.16. The summed E-state index contributed by atoms with van der Waals surface area (Å²) in [5.74, 6) is 0.0717. The van der Waals surface area contributed by atoms with Gasteiger partial charge in [-0.2, -0.15) is 5.10 Å². The maximum Gasteiger partial charge on any atom is 0.255 e. The molecule has 0 unspecified atom stereocenters. The monoisotopic (exact) mass is 344 g/mol. The molecule has 0 bridgehead atoms. The molecule has 4 N–H and O–H groups in total. The molecule has 0 aliphatic rings. The third-order valence-electron chi connectivity index (χ3n) is 3.06. The summed E-state index contributed by atoms with van der Waals surface area (Å²) in [7, 11) is 0. The van der Waals surface area contributed by atoms with Crippen LogP contribution in [0.4, 0.5) is 11.5 Å². The van der Waals surface area contributed by atoms with Gasteiger partial charge in [0.1, 0.15) is 16.5 Å². The molecule has 7 heteroatoms. The molecule has 0 saturated carbocycles. The summed E-state index contributed by atoms with van der Waals surface area (Å²) in [6, 6.07) is 16.3. The number of halogens is 1. The average molecular weight is 345 g/mol. The predicted molar refractivity (Wildman–Crippen MR) is 93.0 cm³/mol. The fourth-order valence-electron chi connectivity index (χ4n) is 1.92. The second-order valence-electron chi connectivity index (χ2n) is 4.69. The van der Waals surface area contributed by atoms with Gasteiger partial charge >= 0.3 is 0 Å². The number of hydrogen-bond acceptors (Lipinski definition) is 4. The maximum atomic E-state index is 12.3. The second-order valence-corrected chi connectivity index (χ2v) is 6.19.